The highest BCUT2D eigenvalue weighted by atomic mass is 16.5. The van der Waals surface area contributed by atoms with Crippen molar-refractivity contribution in [3.05, 3.63) is 23.8 Å². The number of ether oxygens (including phenoxy) is 2. The predicted molar refractivity (Wildman–Crippen MR) is 84.9 cm³/mol. The van der Waals surface area contributed by atoms with E-state index in [0.29, 0.717) is 6.61 Å². The van der Waals surface area contributed by atoms with Gasteiger partial charge in [0.05, 0.1) is 19.4 Å². The summed E-state index contributed by atoms with van der Waals surface area (Å²) in [5, 5.41) is 3.36. The van der Waals surface area contributed by atoms with E-state index >= 15 is 0 Å². The summed E-state index contributed by atoms with van der Waals surface area (Å²) in [6, 6.07) is 6.06. The van der Waals surface area contributed by atoms with Gasteiger partial charge in [-0.3, -0.25) is 4.90 Å². The molecule has 5 nitrogen and oxygen atoms in total. The number of nitrogens with zero attached hydrogens (tertiary/aromatic N) is 1. The fraction of sp³-hybridized carbons (Fsp3) is 0.625. The van der Waals surface area contributed by atoms with Crippen molar-refractivity contribution >= 4 is 0 Å². The van der Waals surface area contributed by atoms with E-state index in [2.05, 4.69) is 23.2 Å². The van der Waals surface area contributed by atoms with Crippen LogP contribution in [0.3, 0.4) is 0 Å². The molecular formula is C16H27N3O2. The van der Waals surface area contributed by atoms with Crippen LogP contribution in [0.1, 0.15) is 19.4 Å². The number of piperazine rings is 1. The number of methoxy groups -OCH3 is 1. The molecule has 1 fully saturated rings. The van der Waals surface area contributed by atoms with Crippen molar-refractivity contribution in [2.45, 2.75) is 25.9 Å². The van der Waals surface area contributed by atoms with E-state index < -0.39 is 0 Å². The van der Waals surface area contributed by atoms with Gasteiger partial charge in [0, 0.05) is 32.6 Å². The number of benzene rings is 1. The summed E-state index contributed by atoms with van der Waals surface area (Å²) in [7, 11) is 1.67. The summed E-state index contributed by atoms with van der Waals surface area (Å²) in [6.07, 6.45) is 0.787. The molecule has 1 heterocycles. The molecule has 1 aromatic rings. The van der Waals surface area contributed by atoms with Crippen molar-refractivity contribution in [2.24, 2.45) is 5.73 Å². The van der Waals surface area contributed by atoms with Gasteiger partial charge in [-0.15, -0.1) is 0 Å². The fourth-order valence-electron chi connectivity index (χ4n) is 2.80. The minimum absolute atomic E-state index is 0.347. The Hall–Kier alpha value is -1.30. The SMILES string of the molecule is CCOc1ccc(CC(C)(N)N2CCNCC2)cc1OC. The van der Waals surface area contributed by atoms with E-state index in [1.165, 1.54) is 5.56 Å². The zero-order valence-electron chi connectivity index (χ0n) is 13.3. The van der Waals surface area contributed by atoms with Crippen LogP contribution in [0.15, 0.2) is 18.2 Å². The molecular weight excluding hydrogens is 266 g/mol. The molecule has 0 bridgehead atoms. The minimum Gasteiger partial charge on any atom is -0.493 e. The van der Waals surface area contributed by atoms with Crippen LogP contribution in [0, 0.1) is 0 Å². The van der Waals surface area contributed by atoms with Crippen LogP contribution in [0.2, 0.25) is 0 Å². The maximum absolute atomic E-state index is 6.54. The zero-order chi connectivity index (χ0) is 15.3. The number of rotatable bonds is 6. The topological polar surface area (TPSA) is 59.8 Å². The van der Waals surface area contributed by atoms with Crippen LogP contribution in [-0.2, 0) is 6.42 Å². The second kappa shape index (κ2) is 7.11. The molecule has 1 aliphatic heterocycles. The quantitative estimate of drug-likeness (QED) is 0.826. The molecule has 1 aromatic carbocycles. The third-order valence-electron chi connectivity index (χ3n) is 3.93. The van der Waals surface area contributed by atoms with Gasteiger partial charge in [-0.1, -0.05) is 6.07 Å². The van der Waals surface area contributed by atoms with Crippen LogP contribution in [0.4, 0.5) is 0 Å². The first-order valence-corrected chi connectivity index (χ1v) is 7.61. The maximum atomic E-state index is 6.54. The Morgan fingerprint density at radius 2 is 2.00 bits per heavy atom. The second-order valence-electron chi connectivity index (χ2n) is 5.69. The number of nitrogens with two attached hydrogens (primary N) is 1. The molecule has 0 saturated carbocycles. The molecule has 0 aromatic heterocycles. The second-order valence-corrected chi connectivity index (χ2v) is 5.69. The molecule has 2 rings (SSSR count). The first kappa shape index (κ1) is 16.1. The van der Waals surface area contributed by atoms with Crippen LogP contribution in [-0.4, -0.2) is 50.5 Å². The van der Waals surface area contributed by atoms with Gasteiger partial charge in [-0.2, -0.15) is 0 Å². The lowest BCUT2D eigenvalue weighted by atomic mass is 9.99. The van der Waals surface area contributed by atoms with Crippen molar-refractivity contribution < 1.29 is 9.47 Å². The van der Waals surface area contributed by atoms with Crippen LogP contribution in [0.5, 0.6) is 11.5 Å². The average Bonchev–Trinajstić information content (AvgIpc) is 2.49. The first-order valence-electron chi connectivity index (χ1n) is 7.61. The monoisotopic (exact) mass is 293 g/mol. The highest BCUT2D eigenvalue weighted by Gasteiger charge is 2.28. The number of hydrogen-bond donors (Lipinski definition) is 2. The Morgan fingerprint density at radius 3 is 2.62 bits per heavy atom. The van der Waals surface area contributed by atoms with Gasteiger partial charge in [-0.05, 0) is 31.5 Å². The van der Waals surface area contributed by atoms with E-state index in [1.807, 2.05) is 19.1 Å². The summed E-state index contributed by atoms with van der Waals surface area (Å²) in [5.41, 5.74) is 7.36. The van der Waals surface area contributed by atoms with Crippen molar-refractivity contribution in [1.82, 2.24) is 10.2 Å². The van der Waals surface area contributed by atoms with Gasteiger partial charge in [0.25, 0.3) is 0 Å². The van der Waals surface area contributed by atoms with E-state index in [1.54, 1.807) is 7.11 Å². The highest BCUT2D eigenvalue weighted by Crippen LogP contribution is 2.29. The van der Waals surface area contributed by atoms with Crippen molar-refractivity contribution in [2.75, 3.05) is 39.9 Å². The van der Waals surface area contributed by atoms with Crippen molar-refractivity contribution in [3.8, 4) is 11.5 Å². The predicted octanol–water partition coefficient (Wildman–Crippen LogP) is 1.22. The summed E-state index contributed by atoms with van der Waals surface area (Å²) in [6.45, 7) is 8.67. The van der Waals surface area contributed by atoms with Gasteiger partial charge in [0.2, 0.25) is 0 Å². The zero-order valence-corrected chi connectivity index (χ0v) is 13.3. The molecule has 0 aliphatic carbocycles. The molecule has 3 N–H and O–H groups in total. The smallest absolute Gasteiger partial charge is 0.161 e. The van der Waals surface area contributed by atoms with Gasteiger partial charge in [0.15, 0.2) is 11.5 Å². The van der Waals surface area contributed by atoms with Gasteiger partial charge in [0.1, 0.15) is 0 Å². The van der Waals surface area contributed by atoms with Crippen LogP contribution >= 0.6 is 0 Å². The molecule has 1 saturated heterocycles. The van der Waals surface area contributed by atoms with Gasteiger partial charge >= 0.3 is 0 Å². The molecule has 1 aliphatic rings. The lowest BCUT2D eigenvalue weighted by Gasteiger charge is -2.41. The number of hydrogen-bond acceptors (Lipinski definition) is 5. The Balaban J connectivity index is 2.10. The molecule has 0 amide bonds. The third-order valence-corrected chi connectivity index (χ3v) is 3.93. The van der Waals surface area contributed by atoms with E-state index in [0.717, 1.165) is 44.1 Å². The summed E-state index contributed by atoms with van der Waals surface area (Å²) in [5.74, 6) is 1.55. The lowest BCUT2D eigenvalue weighted by Crippen LogP contribution is -2.60. The van der Waals surface area contributed by atoms with E-state index in [-0.39, 0.29) is 5.66 Å². The summed E-state index contributed by atoms with van der Waals surface area (Å²) >= 11 is 0. The Kier molecular flexibility index (Phi) is 5.45. The molecule has 21 heavy (non-hydrogen) atoms. The molecule has 1 unspecified atom stereocenters. The fourth-order valence-corrected chi connectivity index (χ4v) is 2.80. The summed E-state index contributed by atoms with van der Waals surface area (Å²) in [4.78, 5) is 2.34. The van der Waals surface area contributed by atoms with Gasteiger partial charge in [-0.25, -0.2) is 0 Å². The Morgan fingerprint density at radius 1 is 1.29 bits per heavy atom. The largest absolute Gasteiger partial charge is 0.493 e. The Labute approximate surface area is 127 Å². The van der Waals surface area contributed by atoms with E-state index in [9.17, 15) is 0 Å². The first-order chi connectivity index (χ1) is 10.1. The third kappa shape index (κ3) is 4.09. The minimum atomic E-state index is -0.347. The molecule has 0 radical (unpaired) electrons. The molecule has 0 spiro atoms. The van der Waals surface area contributed by atoms with Crippen molar-refractivity contribution in [3.63, 3.8) is 0 Å². The standard InChI is InChI=1S/C16H27N3O2/c1-4-21-14-6-5-13(11-15(14)20-3)12-16(2,17)19-9-7-18-8-10-19/h5-6,11,18H,4,7-10,12,17H2,1-3H3. The molecule has 5 heteroatoms. The normalized spacial score (nSPS) is 19.0. The molecule has 1 atom stereocenters. The maximum Gasteiger partial charge on any atom is 0.161 e. The van der Waals surface area contributed by atoms with Crippen LogP contribution < -0.4 is 20.5 Å². The average molecular weight is 293 g/mol. The number of nitrogens with one attached hydrogen (secondary N) is 1. The lowest BCUT2D eigenvalue weighted by molar-refractivity contribution is 0.0932. The Bertz CT molecular complexity index is 457. The summed E-state index contributed by atoms with van der Waals surface area (Å²) < 4.78 is 11.0. The van der Waals surface area contributed by atoms with Crippen LogP contribution in [0.25, 0.3) is 0 Å². The molecule has 118 valence electrons. The van der Waals surface area contributed by atoms with Crippen molar-refractivity contribution in [1.29, 1.82) is 0 Å². The van der Waals surface area contributed by atoms with Gasteiger partial charge < -0.3 is 20.5 Å². The highest BCUT2D eigenvalue weighted by molar-refractivity contribution is 5.43. The van der Waals surface area contributed by atoms with E-state index in [4.69, 9.17) is 15.2 Å².